The van der Waals surface area contributed by atoms with E-state index in [1.807, 2.05) is 0 Å². The second-order valence-corrected chi connectivity index (χ2v) is 5.46. The van der Waals surface area contributed by atoms with Gasteiger partial charge in [0.25, 0.3) is 5.91 Å². The number of rotatable bonds is 5. The molecule has 1 aromatic carbocycles. The lowest BCUT2D eigenvalue weighted by Crippen LogP contribution is -2.28. The average molecular weight is 356 g/mol. The molecule has 6 nitrogen and oxygen atoms in total. The maximum atomic E-state index is 11.9. The van der Waals surface area contributed by atoms with Crippen LogP contribution in [0.4, 0.5) is 0 Å². The lowest BCUT2D eigenvalue weighted by Gasteiger charge is -2.06. The lowest BCUT2D eigenvalue weighted by molar-refractivity contribution is -0.132. The third kappa shape index (κ3) is 4.12. The van der Waals surface area contributed by atoms with Crippen molar-refractivity contribution in [2.45, 2.75) is 4.84 Å². The molecular formula is C15H11Cl2NO5. The van der Waals surface area contributed by atoms with Gasteiger partial charge < -0.3 is 14.5 Å². The minimum atomic E-state index is -1.33. The Morgan fingerprint density at radius 2 is 2.09 bits per heavy atom. The molecule has 0 aliphatic carbocycles. The molecule has 23 heavy (non-hydrogen) atoms. The van der Waals surface area contributed by atoms with Gasteiger partial charge in [-0.2, -0.15) is 0 Å². The molecule has 0 spiro atoms. The standard InChI is InChI=1S/C15H11Cl2NO5/c1-2-5-18-13(19)10-6-8-3-4-9(22-15(21)12(16)17)7-11(8)23-14(10)20/h2-4,6-7,12H,1,5H2,(H,18,19). The van der Waals surface area contributed by atoms with Gasteiger partial charge in [-0.1, -0.05) is 29.3 Å². The van der Waals surface area contributed by atoms with Gasteiger partial charge in [-0.3, -0.25) is 4.79 Å². The fourth-order valence-corrected chi connectivity index (χ4v) is 1.82. The SMILES string of the molecule is C=CCNC(=O)c1cc2ccc(OC(=O)C(Cl)Cl)cc2oc1=O. The summed E-state index contributed by atoms with van der Waals surface area (Å²) in [6.45, 7) is 3.69. The number of ether oxygens (including phenoxy) is 1. The largest absolute Gasteiger partial charge is 0.424 e. The lowest BCUT2D eigenvalue weighted by atomic mass is 10.1. The highest BCUT2D eigenvalue weighted by atomic mass is 35.5. The predicted octanol–water partition coefficient (Wildman–Crippen LogP) is 2.42. The van der Waals surface area contributed by atoms with Crippen LogP contribution in [0, 0.1) is 0 Å². The van der Waals surface area contributed by atoms with E-state index in [-0.39, 0.29) is 23.4 Å². The summed E-state index contributed by atoms with van der Waals surface area (Å²) in [5.74, 6) is -1.31. The van der Waals surface area contributed by atoms with Crippen LogP contribution in [0.5, 0.6) is 5.75 Å². The first kappa shape index (κ1) is 17.1. The van der Waals surface area contributed by atoms with E-state index in [1.54, 1.807) is 0 Å². The van der Waals surface area contributed by atoms with Crippen LogP contribution < -0.4 is 15.7 Å². The number of hydrogen-bond donors (Lipinski definition) is 1. The summed E-state index contributed by atoms with van der Waals surface area (Å²) in [5, 5.41) is 2.98. The second kappa shape index (κ2) is 7.30. The van der Waals surface area contributed by atoms with Gasteiger partial charge in [0.1, 0.15) is 16.9 Å². The maximum absolute atomic E-state index is 11.9. The first-order valence-corrected chi connectivity index (χ1v) is 7.26. The maximum Gasteiger partial charge on any atom is 0.349 e. The van der Waals surface area contributed by atoms with Gasteiger partial charge in [-0.15, -0.1) is 6.58 Å². The topological polar surface area (TPSA) is 85.6 Å². The van der Waals surface area contributed by atoms with E-state index in [9.17, 15) is 14.4 Å². The fraction of sp³-hybridized carbons (Fsp3) is 0.133. The van der Waals surface area contributed by atoms with Crippen molar-refractivity contribution in [2.75, 3.05) is 6.54 Å². The molecule has 0 bridgehead atoms. The number of hydrogen-bond acceptors (Lipinski definition) is 5. The van der Waals surface area contributed by atoms with Crippen LogP contribution in [0.15, 0.2) is 46.1 Å². The third-order valence-electron chi connectivity index (χ3n) is 2.76. The molecule has 0 atom stereocenters. The van der Waals surface area contributed by atoms with Crippen LogP contribution in [0.2, 0.25) is 0 Å². The number of esters is 1. The van der Waals surface area contributed by atoms with E-state index in [4.69, 9.17) is 32.4 Å². The Bertz CT molecular complexity index is 828. The van der Waals surface area contributed by atoms with Gasteiger partial charge in [-0.05, 0) is 18.2 Å². The number of carbonyl (C=O) groups is 2. The zero-order chi connectivity index (χ0) is 17.0. The van der Waals surface area contributed by atoms with Crippen molar-refractivity contribution in [2.24, 2.45) is 0 Å². The zero-order valence-electron chi connectivity index (χ0n) is 11.7. The first-order chi connectivity index (χ1) is 10.9. The molecule has 1 heterocycles. The van der Waals surface area contributed by atoms with Gasteiger partial charge in [0, 0.05) is 18.0 Å². The number of halogens is 2. The monoisotopic (exact) mass is 355 g/mol. The molecule has 0 aliphatic rings. The number of fused-ring (bicyclic) bond motifs is 1. The number of carbonyl (C=O) groups excluding carboxylic acids is 2. The van der Waals surface area contributed by atoms with Crippen LogP contribution in [0.1, 0.15) is 10.4 Å². The molecule has 0 saturated carbocycles. The van der Waals surface area contributed by atoms with Gasteiger partial charge in [0.15, 0.2) is 0 Å². The van der Waals surface area contributed by atoms with Crippen LogP contribution in [-0.4, -0.2) is 23.3 Å². The van der Waals surface area contributed by atoms with Crippen LogP contribution in [0.3, 0.4) is 0 Å². The first-order valence-electron chi connectivity index (χ1n) is 6.39. The zero-order valence-corrected chi connectivity index (χ0v) is 13.2. The second-order valence-electron chi connectivity index (χ2n) is 4.37. The van der Waals surface area contributed by atoms with E-state index in [2.05, 4.69) is 11.9 Å². The molecule has 0 saturated heterocycles. The molecule has 0 fully saturated rings. The van der Waals surface area contributed by atoms with Gasteiger partial charge in [0.2, 0.25) is 4.84 Å². The molecule has 0 aliphatic heterocycles. The number of nitrogens with one attached hydrogen (secondary N) is 1. The fourth-order valence-electron chi connectivity index (χ4n) is 1.73. The van der Waals surface area contributed by atoms with Crippen molar-refractivity contribution in [1.82, 2.24) is 5.32 Å². The molecular weight excluding hydrogens is 345 g/mol. The molecule has 0 radical (unpaired) electrons. The van der Waals surface area contributed by atoms with Gasteiger partial charge in [0.05, 0.1) is 0 Å². The quantitative estimate of drug-likeness (QED) is 0.292. The van der Waals surface area contributed by atoms with Crippen LogP contribution >= 0.6 is 23.2 Å². The van der Waals surface area contributed by atoms with E-state index < -0.39 is 22.3 Å². The highest BCUT2D eigenvalue weighted by Gasteiger charge is 2.16. The smallest absolute Gasteiger partial charge is 0.349 e. The minimum Gasteiger partial charge on any atom is -0.424 e. The molecule has 0 unspecified atom stereocenters. The van der Waals surface area contributed by atoms with E-state index in [1.165, 1.54) is 30.3 Å². The van der Waals surface area contributed by atoms with Crippen LogP contribution in [-0.2, 0) is 4.79 Å². The van der Waals surface area contributed by atoms with E-state index in [0.29, 0.717) is 5.39 Å². The van der Waals surface area contributed by atoms with Crippen molar-refractivity contribution in [3.63, 3.8) is 0 Å². The predicted molar refractivity (Wildman–Crippen MR) is 86.1 cm³/mol. The molecule has 8 heteroatoms. The van der Waals surface area contributed by atoms with Crippen molar-refractivity contribution in [3.8, 4) is 5.75 Å². The van der Waals surface area contributed by atoms with Gasteiger partial charge >= 0.3 is 11.6 Å². The number of benzene rings is 1. The summed E-state index contributed by atoms with van der Waals surface area (Å²) in [5.41, 5.74) is -0.790. The Labute approximate surface area is 140 Å². The average Bonchev–Trinajstić information content (AvgIpc) is 2.51. The summed E-state index contributed by atoms with van der Waals surface area (Å²) in [4.78, 5) is 33.7. The van der Waals surface area contributed by atoms with Gasteiger partial charge in [-0.25, -0.2) is 9.59 Å². The summed E-state index contributed by atoms with van der Waals surface area (Å²) in [6, 6.07) is 5.71. The van der Waals surface area contributed by atoms with E-state index >= 15 is 0 Å². The van der Waals surface area contributed by atoms with Crippen molar-refractivity contribution in [3.05, 3.63) is 52.9 Å². The molecule has 2 aromatic rings. The minimum absolute atomic E-state index is 0.112. The molecule has 1 aromatic heterocycles. The number of amides is 1. The summed E-state index contributed by atoms with van der Waals surface area (Å²) >= 11 is 10.8. The normalized spacial score (nSPS) is 10.6. The molecule has 1 amide bonds. The summed E-state index contributed by atoms with van der Waals surface area (Å²) < 4.78 is 9.98. The Hall–Kier alpha value is -2.31. The Morgan fingerprint density at radius 1 is 1.35 bits per heavy atom. The van der Waals surface area contributed by atoms with Crippen LogP contribution in [0.25, 0.3) is 11.0 Å². The van der Waals surface area contributed by atoms with Crippen molar-refractivity contribution in [1.29, 1.82) is 0 Å². The Balaban J connectivity index is 2.35. The highest BCUT2D eigenvalue weighted by molar-refractivity contribution is 6.53. The Kier molecular flexibility index (Phi) is 5.41. The van der Waals surface area contributed by atoms with Crippen molar-refractivity contribution >= 4 is 46.0 Å². The molecule has 2 rings (SSSR count). The van der Waals surface area contributed by atoms with Crippen molar-refractivity contribution < 1.29 is 18.7 Å². The molecule has 1 N–H and O–H groups in total. The summed E-state index contributed by atoms with van der Waals surface area (Å²) in [6.07, 6.45) is 1.49. The highest BCUT2D eigenvalue weighted by Crippen LogP contribution is 2.21. The van der Waals surface area contributed by atoms with E-state index in [0.717, 1.165) is 0 Å². The summed E-state index contributed by atoms with van der Waals surface area (Å²) in [7, 11) is 0. The Morgan fingerprint density at radius 3 is 2.74 bits per heavy atom. The molecule has 120 valence electrons. The third-order valence-corrected chi connectivity index (χ3v) is 3.11. The number of alkyl halides is 2.